The molecule has 2 rings (SSSR count). The molecule has 1 aromatic rings. The molecule has 1 aliphatic carbocycles. The van der Waals surface area contributed by atoms with Crippen molar-refractivity contribution in [2.24, 2.45) is 5.41 Å². The van der Waals surface area contributed by atoms with Crippen LogP contribution in [0.1, 0.15) is 36.0 Å². The summed E-state index contributed by atoms with van der Waals surface area (Å²) >= 11 is 0. The molecule has 0 saturated heterocycles. The summed E-state index contributed by atoms with van der Waals surface area (Å²) < 4.78 is 5.34. The summed E-state index contributed by atoms with van der Waals surface area (Å²) in [6.07, 6.45) is 0.981. The lowest BCUT2D eigenvalue weighted by Crippen LogP contribution is -1.96. The third-order valence-corrected chi connectivity index (χ3v) is 3.58. The molecule has 1 aliphatic rings. The van der Waals surface area contributed by atoms with Crippen molar-refractivity contribution < 1.29 is 4.74 Å². The number of benzene rings is 1. The van der Waals surface area contributed by atoms with Crippen molar-refractivity contribution in [2.75, 3.05) is 7.11 Å². The molecular weight excluding hydrogens is 198 g/mol. The average Bonchev–Trinajstić information content (AvgIpc) is 2.91. The highest BCUT2D eigenvalue weighted by molar-refractivity contribution is 5.47. The molecule has 0 bridgehead atoms. The maximum Gasteiger partial charge on any atom is 0.124 e. The van der Waals surface area contributed by atoms with Crippen LogP contribution in [-0.2, 0) is 0 Å². The molecule has 0 aromatic heterocycles. The number of hydrogen-bond donors (Lipinski definition) is 0. The molecule has 1 saturated carbocycles. The van der Waals surface area contributed by atoms with Crippen molar-refractivity contribution in [1.82, 2.24) is 0 Å². The highest BCUT2D eigenvalue weighted by Crippen LogP contribution is 2.58. The van der Waals surface area contributed by atoms with E-state index in [9.17, 15) is 0 Å². The third-order valence-electron chi connectivity index (χ3n) is 3.58. The molecule has 1 aromatic carbocycles. The Hall–Kier alpha value is -1.49. The standard InChI is InChI=1S/C14H17NO/c1-9-5-11(6-10(2)13(9)16-4)12-7-14(12,3)8-15/h5-6,12H,7H2,1-4H3. The molecular formula is C14H17NO. The van der Waals surface area contributed by atoms with Crippen molar-refractivity contribution in [2.45, 2.75) is 33.1 Å². The molecule has 0 N–H and O–H groups in total. The van der Waals surface area contributed by atoms with E-state index in [1.807, 2.05) is 6.92 Å². The van der Waals surface area contributed by atoms with Gasteiger partial charge in [0.1, 0.15) is 5.75 Å². The van der Waals surface area contributed by atoms with Crippen LogP contribution < -0.4 is 4.74 Å². The summed E-state index contributed by atoms with van der Waals surface area (Å²) in [5, 5.41) is 9.06. The second-order valence-electron chi connectivity index (χ2n) is 4.97. The molecule has 16 heavy (non-hydrogen) atoms. The zero-order chi connectivity index (χ0) is 11.9. The van der Waals surface area contributed by atoms with Gasteiger partial charge < -0.3 is 4.74 Å². The lowest BCUT2D eigenvalue weighted by molar-refractivity contribution is 0.408. The average molecular weight is 215 g/mol. The summed E-state index contributed by atoms with van der Waals surface area (Å²) in [7, 11) is 1.70. The Balaban J connectivity index is 2.37. The van der Waals surface area contributed by atoms with E-state index >= 15 is 0 Å². The lowest BCUT2D eigenvalue weighted by atomic mass is 9.98. The van der Waals surface area contributed by atoms with Gasteiger partial charge in [-0.15, -0.1) is 0 Å². The Morgan fingerprint density at radius 3 is 2.31 bits per heavy atom. The quantitative estimate of drug-likeness (QED) is 0.758. The molecule has 0 aliphatic heterocycles. The third kappa shape index (κ3) is 1.57. The van der Waals surface area contributed by atoms with Gasteiger partial charge in [-0.1, -0.05) is 12.1 Å². The summed E-state index contributed by atoms with van der Waals surface area (Å²) in [4.78, 5) is 0. The van der Waals surface area contributed by atoms with Gasteiger partial charge in [-0.25, -0.2) is 0 Å². The summed E-state index contributed by atoms with van der Waals surface area (Å²) in [6, 6.07) is 6.70. The van der Waals surface area contributed by atoms with E-state index in [1.54, 1.807) is 7.11 Å². The van der Waals surface area contributed by atoms with Crippen LogP contribution >= 0.6 is 0 Å². The fourth-order valence-electron chi connectivity index (χ4n) is 2.48. The first-order valence-corrected chi connectivity index (χ1v) is 5.58. The van der Waals surface area contributed by atoms with Gasteiger partial charge in [-0.2, -0.15) is 5.26 Å². The van der Waals surface area contributed by atoms with Gasteiger partial charge in [0.25, 0.3) is 0 Å². The van der Waals surface area contributed by atoms with Gasteiger partial charge in [0, 0.05) is 5.92 Å². The smallest absolute Gasteiger partial charge is 0.124 e. The fraction of sp³-hybridized carbons (Fsp3) is 0.500. The van der Waals surface area contributed by atoms with Gasteiger partial charge in [-0.3, -0.25) is 0 Å². The molecule has 2 atom stereocenters. The molecule has 1 fully saturated rings. The highest BCUT2D eigenvalue weighted by Gasteiger charge is 2.51. The second kappa shape index (κ2) is 3.52. The van der Waals surface area contributed by atoms with Crippen LogP contribution in [0.15, 0.2) is 12.1 Å². The van der Waals surface area contributed by atoms with Crippen LogP contribution in [0.4, 0.5) is 0 Å². The first-order chi connectivity index (χ1) is 7.51. The first-order valence-electron chi connectivity index (χ1n) is 5.58. The van der Waals surface area contributed by atoms with E-state index in [-0.39, 0.29) is 5.41 Å². The minimum Gasteiger partial charge on any atom is -0.496 e. The molecule has 2 unspecified atom stereocenters. The number of hydrogen-bond acceptors (Lipinski definition) is 2. The molecule has 84 valence electrons. The molecule has 0 spiro atoms. The van der Waals surface area contributed by atoms with E-state index < -0.39 is 0 Å². The Kier molecular flexibility index (Phi) is 2.42. The first kappa shape index (κ1) is 11.0. The number of nitrogens with zero attached hydrogens (tertiary/aromatic N) is 1. The number of nitriles is 1. The normalized spacial score (nSPS) is 27.3. The van der Waals surface area contributed by atoms with Crippen molar-refractivity contribution in [3.63, 3.8) is 0 Å². The van der Waals surface area contributed by atoms with Crippen LogP contribution in [0.25, 0.3) is 0 Å². The van der Waals surface area contributed by atoms with Gasteiger partial charge in [0.15, 0.2) is 0 Å². The van der Waals surface area contributed by atoms with E-state index in [1.165, 1.54) is 5.56 Å². The minimum atomic E-state index is -0.145. The van der Waals surface area contributed by atoms with Crippen molar-refractivity contribution >= 4 is 0 Å². The monoisotopic (exact) mass is 215 g/mol. The predicted molar refractivity (Wildman–Crippen MR) is 63.5 cm³/mol. The van der Waals surface area contributed by atoms with Gasteiger partial charge in [0.05, 0.1) is 18.6 Å². The van der Waals surface area contributed by atoms with E-state index in [0.29, 0.717) is 5.92 Å². The zero-order valence-corrected chi connectivity index (χ0v) is 10.3. The molecule has 0 heterocycles. The van der Waals surface area contributed by atoms with Gasteiger partial charge >= 0.3 is 0 Å². The summed E-state index contributed by atoms with van der Waals surface area (Å²) in [6.45, 7) is 6.15. The Labute approximate surface area is 96.9 Å². The van der Waals surface area contributed by atoms with Crippen LogP contribution in [0.3, 0.4) is 0 Å². The van der Waals surface area contributed by atoms with E-state index in [4.69, 9.17) is 10.00 Å². The number of methoxy groups -OCH3 is 1. The van der Waals surface area contributed by atoms with Gasteiger partial charge in [-0.05, 0) is 43.9 Å². The Bertz CT molecular complexity index is 449. The molecule has 0 amide bonds. The van der Waals surface area contributed by atoms with Crippen LogP contribution in [-0.4, -0.2) is 7.11 Å². The highest BCUT2D eigenvalue weighted by atomic mass is 16.5. The molecule has 0 radical (unpaired) electrons. The van der Waals surface area contributed by atoms with Crippen molar-refractivity contribution in [3.05, 3.63) is 28.8 Å². The van der Waals surface area contributed by atoms with Gasteiger partial charge in [0.2, 0.25) is 0 Å². The van der Waals surface area contributed by atoms with Crippen molar-refractivity contribution in [3.8, 4) is 11.8 Å². The fourth-order valence-corrected chi connectivity index (χ4v) is 2.48. The predicted octanol–water partition coefficient (Wildman–Crippen LogP) is 3.33. The molecule has 2 nitrogen and oxygen atoms in total. The maximum atomic E-state index is 9.06. The second-order valence-corrected chi connectivity index (χ2v) is 4.97. The maximum absolute atomic E-state index is 9.06. The van der Waals surface area contributed by atoms with Crippen LogP contribution in [0.5, 0.6) is 5.75 Å². The number of aryl methyl sites for hydroxylation is 2. The Morgan fingerprint density at radius 2 is 1.94 bits per heavy atom. The van der Waals surface area contributed by atoms with Crippen LogP contribution in [0, 0.1) is 30.6 Å². The van der Waals surface area contributed by atoms with E-state index in [2.05, 4.69) is 32.0 Å². The lowest BCUT2D eigenvalue weighted by Gasteiger charge is -2.11. The van der Waals surface area contributed by atoms with Crippen LogP contribution in [0.2, 0.25) is 0 Å². The summed E-state index contributed by atoms with van der Waals surface area (Å²) in [5.74, 6) is 1.36. The Morgan fingerprint density at radius 1 is 1.38 bits per heavy atom. The zero-order valence-electron chi connectivity index (χ0n) is 10.3. The number of rotatable bonds is 2. The summed E-state index contributed by atoms with van der Waals surface area (Å²) in [5.41, 5.74) is 3.45. The largest absolute Gasteiger partial charge is 0.496 e. The minimum absolute atomic E-state index is 0.145. The topological polar surface area (TPSA) is 33.0 Å². The number of ether oxygens (including phenoxy) is 1. The van der Waals surface area contributed by atoms with Crippen molar-refractivity contribution in [1.29, 1.82) is 5.26 Å². The molecule has 2 heteroatoms. The van der Waals surface area contributed by atoms with E-state index in [0.717, 1.165) is 23.3 Å². The SMILES string of the molecule is COc1c(C)cc(C2CC2(C)C#N)cc1C.